The maximum Gasteiger partial charge on any atom is 0.353 e. The van der Waals surface area contributed by atoms with Crippen LogP contribution in [0.25, 0.3) is 26.4 Å². The minimum atomic E-state index is -0.325. The number of carbonyl (C=O) groups excluding carboxylic acids is 2. The number of fused-ring (bicyclic) bond motifs is 3. The number of para-hydroxylation sites is 1. The van der Waals surface area contributed by atoms with Gasteiger partial charge in [0, 0.05) is 24.2 Å². The predicted octanol–water partition coefficient (Wildman–Crippen LogP) is 5.43. The van der Waals surface area contributed by atoms with Crippen LogP contribution in [-0.2, 0) is 14.3 Å². The van der Waals surface area contributed by atoms with Crippen molar-refractivity contribution in [1.82, 2.24) is 9.38 Å². The van der Waals surface area contributed by atoms with Crippen molar-refractivity contribution in [2.75, 3.05) is 7.11 Å². The van der Waals surface area contributed by atoms with Crippen molar-refractivity contribution in [1.29, 1.82) is 0 Å². The van der Waals surface area contributed by atoms with Crippen molar-refractivity contribution >= 4 is 38.5 Å². The summed E-state index contributed by atoms with van der Waals surface area (Å²) in [7, 11) is 1.60. The van der Waals surface area contributed by atoms with Crippen molar-refractivity contribution in [2.45, 2.75) is 13.0 Å². The van der Waals surface area contributed by atoms with E-state index in [4.69, 9.17) is 14.2 Å². The number of thiazole rings is 1. The number of esters is 1. The van der Waals surface area contributed by atoms with Crippen LogP contribution in [0.1, 0.15) is 18.6 Å². The second-order valence-corrected chi connectivity index (χ2v) is 8.57. The van der Waals surface area contributed by atoms with Gasteiger partial charge in [0.05, 0.1) is 23.0 Å². The van der Waals surface area contributed by atoms with Crippen LogP contribution >= 0.6 is 11.3 Å². The molecule has 1 unspecified atom stereocenters. The summed E-state index contributed by atoms with van der Waals surface area (Å²) in [6.45, 7) is 1.39. The van der Waals surface area contributed by atoms with Gasteiger partial charge in [-0.15, -0.1) is 0 Å². The van der Waals surface area contributed by atoms with E-state index < -0.39 is 0 Å². The molecule has 0 N–H and O–H groups in total. The molecule has 1 saturated heterocycles. The number of hydrogen-bond acceptors (Lipinski definition) is 7. The third kappa shape index (κ3) is 4.49. The van der Waals surface area contributed by atoms with Crippen LogP contribution < -0.4 is 9.47 Å². The van der Waals surface area contributed by atoms with Crippen molar-refractivity contribution in [2.24, 2.45) is 0 Å². The molecule has 6 rings (SSSR count). The van der Waals surface area contributed by atoms with E-state index in [0.29, 0.717) is 5.75 Å². The van der Waals surface area contributed by atoms with E-state index in [9.17, 15) is 9.59 Å². The monoisotopic (exact) mass is 472 g/mol. The lowest BCUT2D eigenvalue weighted by molar-refractivity contribution is -0.131. The molecule has 1 atom stereocenters. The summed E-state index contributed by atoms with van der Waals surface area (Å²) in [5, 5.41) is 0. The second kappa shape index (κ2) is 8.99. The van der Waals surface area contributed by atoms with E-state index in [-0.39, 0.29) is 18.0 Å². The molecule has 1 aliphatic heterocycles. The SMILES string of the molecule is CC(=O)Oc1cccc(-c2cn3c(n2)sc2ccccc23)c1.COc1ccc(C2OC2=O)cc1. The molecule has 1 fully saturated rings. The van der Waals surface area contributed by atoms with E-state index in [1.807, 2.05) is 60.8 Å². The zero-order valence-electron chi connectivity index (χ0n) is 18.4. The molecule has 0 saturated carbocycles. The first kappa shape index (κ1) is 21.7. The maximum atomic E-state index is 11.1. The Hall–Kier alpha value is -4.17. The van der Waals surface area contributed by atoms with Crippen LogP contribution in [0.4, 0.5) is 0 Å². The zero-order valence-corrected chi connectivity index (χ0v) is 19.2. The number of cyclic esters (lactones) is 1. The highest BCUT2D eigenvalue weighted by atomic mass is 32.1. The van der Waals surface area contributed by atoms with Gasteiger partial charge in [-0.1, -0.05) is 47.7 Å². The second-order valence-electron chi connectivity index (χ2n) is 7.56. The lowest BCUT2D eigenvalue weighted by Crippen LogP contribution is -2.01. The van der Waals surface area contributed by atoms with Gasteiger partial charge in [-0.3, -0.25) is 9.20 Å². The largest absolute Gasteiger partial charge is 0.497 e. The van der Waals surface area contributed by atoms with Crippen LogP contribution in [0.3, 0.4) is 0 Å². The minimum Gasteiger partial charge on any atom is -0.497 e. The van der Waals surface area contributed by atoms with E-state index in [0.717, 1.165) is 33.0 Å². The number of nitrogens with zero attached hydrogens (tertiary/aromatic N) is 2. The van der Waals surface area contributed by atoms with Gasteiger partial charge in [0.15, 0.2) is 4.96 Å². The van der Waals surface area contributed by atoms with Gasteiger partial charge in [0.1, 0.15) is 11.5 Å². The molecule has 5 aromatic rings. The number of methoxy groups -OCH3 is 1. The molecule has 8 heteroatoms. The Balaban J connectivity index is 0.000000169. The Kier molecular flexibility index (Phi) is 5.73. The van der Waals surface area contributed by atoms with Gasteiger partial charge in [-0.2, -0.15) is 0 Å². The number of carbonyl (C=O) groups is 2. The molecule has 0 radical (unpaired) electrons. The lowest BCUT2D eigenvalue weighted by Gasteiger charge is -2.02. The van der Waals surface area contributed by atoms with Crippen LogP contribution in [0.15, 0.2) is 79.0 Å². The average molecular weight is 473 g/mol. The molecule has 2 aromatic heterocycles. The summed E-state index contributed by atoms with van der Waals surface area (Å²) in [5.74, 6) is 0.840. The highest BCUT2D eigenvalue weighted by Crippen LogP contribution is 2.32. The third-order valence-electron chi connectivity index (χ3n) is 5.20. The molecule has 0 spiro atoms. The number of epoxide rings is 1. The summed E-state index contributed by atoms with van der Waals surface area (Å²) in [6.07, 6.45) is 1.69. The molecule has 0 bridgehead atoms. The van der Waals surface area contributed by atoms with Gasteiger partial charge in [0.25, 0.3) is 0 Å². The highest BCUT2D eigenvalue weighted by molar-refractivity contribution is 7.23. The summed E-state index contributed by atoms with van der Waals surface area (Å²) in [4.78, 5) is 27.3. The Labute approximate surface area is 199 Å². The molecule has 1 aliphatic rings. The first-order chi connectivity index (χ1) is 16.5. The van der Waals surface area contributed by atoms with Crippen LogP contribution in [0.2, 0.25) is 0 Å². The molecule has 34 heavy (non-hydrogen) atoms. The quantitative estimate of drug-likeness (QED) is 0.197. The summed E-state index contributed by atoms with van der Waals surface area (Å²) in [5.41, 5.74) is 3.84. The maximum absolute atomic E-state index is 11.1. The Morgan fingerprint density at radius 3 is 2.50 bits per heavy atom. The molecule has 0 aliphatic carbocycles. The topological polar surface area (TPSA) is 82.4 Å². The molecule has 3 heterocycles. The van der Waals surface area contributed by atoms with Gasteiger partial charge >= 0.3 is 11.9 Å². The molecular formula is C26H20N2O5S. The Bertz CT molecular complexity index is 1500. The van der Waals surface area contributed by atoms with Gasteiger partial charge < -0.3 is 14.2 Å². The molecule has 170 valence electrons. The number of hydrogen-bond donors (Lipinski definition) is 0. The van der Waals surface area contributed by atoms with Crippen molar-refractivity contribution in [3.05, 3.63) is 84.6 Å². The van der Waals surface area contributed by atoms with Crippen molar-refractivity contribution in [3.8, 4) is 22.8 Å². The van der Waals surface area contributed by atoms with Crippen molar-refractivity contribution in [3.63, 3.8) is 0 Å². The van der Waals surface area contributed by atoms with E-state index in [1.54, 1.807) is 24.5 Å². The molecule has 7 nitrogen and oxygen atoms in total. The molecule has 3 aromatic carbocycles. The minimum absolute atomic E-state index is 0.153. The highest BCUT2D eigenvalue weighted by Gasteiger charge is 2.39. The Morgan fingerprint density at radius 1 is 1.03 bits per heavy atom. The number of imidazole rings is 1. The zero-order chi connectivity index (χ0) is 23.7. The lowest BCUT2D eigenvalue weighted by atomic mass is 10.1. The standard InChI is InChI=1S/C17H12N2O2S.C9H8O3/c1-11(20)21-13-6-4-5-12(9-13)14-10-19-15-7-2-3-8-16(15)22-17(19)18-14;1-11-7-4-2-6(3-5-7)8-9(10)12-8/h2-10H,1H3;2-5,8H,1H3. The third-order valence-corrected chi connectivity index (χ3v) is 6.24. The van der Waals surface area contributed by atoms with Gasteiger partial charge in [-0.25, -0.2) is 9.78 Å². The summed E-state index contributed by atoms with van der Waals surface area (Å²) >= 11 is 1.66. The van der Waals surface area contributed by atoms with E-state index in [1.165, 1.54) is 11.6 Å². The van der Waals surface area contributed by atoms with Crippen LogP contribution in [-0.4, -0.2) is 28.4 Å². The van der Waals surface area contributed by atoms with Gasteiger partial charge in [0.2, 0.25) is 6.10 Å². The number of rotatable bonds is 4. The van der Waals surface area contributed by atoms with E-state index >= 15 is 0 Å². The number of aromatic nitrogens is 2. The molecule has 0 amide bonds. The average Bonchev–Trinajstić information content (AvgIpc) is 3.27. The fourth-order valence-electron chi connectivity index (χ4n) is 3.54. The smallest absolute Gasteiger partial charge is 0.353 e. The predicted molar refractivity (Wildman–Crippen MR) is 129 cm³/mol. The van der Waals surface area contributed by atoms with Crippen LogP contribution in [0, 0.1) is 0 Å². The normalized spacial score (nSPS) is 14.3. The van der Waals surface area contributed by atoms with E-state index in [2.05, 4.69) is 21.5 Å². The van der Waals surface area contributed by atoms with Gasteiger partial charge in [-0.05, 0) is 36.4 Å². The fourth-order valence-corrected chi connectivity index (χ4v) is 4.55. The Morgan fingerprint density at radius 2 is 1.79 bits per heavy atom. The first-order valence-corrected chi connectivity index (χ1v) is 11.3. The van der Waals surface area contributed by atoms with Crippen LogP contribution in [0.5, 0.6) is 11.5 Å². The number of benzene rings is 3. The first-order valence-electron chi connectivity index (χ1n) is 10.5. The molecular weight excluding hydrogens is 452 g/mol. The fraction of sp³-hybridized carbons (Fsp3) is 0.115. The summed E-state index contributed by atoms with van der Waals surface area (Å²) < 4.78 is 18.1. The summed E-state index contributed by atoms with van der Waals surface area (Å²) in [6, 6.07) is 22.9. The van der Waals surface area contributed by atoms with Crippen molar-refractivity contribution < 1.29 is 23.8 Å². The number of ether oxygens (including phenoxy) is 3.